The van der Waals surface area contributed by atoms with Crippen molar-refractivity contribution in [2.75, 3.05) is 11.9 Å². The standard InChI is InChI=1S/C21H21ClF2N2O4/c1-21(2,3)30-20(28)26-16-8-9-29-18-12(5-7-15(24)17(16)18)19(27)25-11-4-6-14(23)13(22)10-11/h4-7,10,16H,8-9H2,1-3H3,(H,25,27)(H,26,28)/t16-/m0/s1. The van der Waals surface area contributed by atoms with Gasteiger partial charge >= 0.3 is 6.09 Å². The number of amides is 2. The molecule has 1 heterocycles. The number of rotatable bonds is 3. The van der Waals surface area contributed by atoms with Crippen LogP contribution >= 0.6 is 11.6 Å². The molecule has 0 aromatic heterocycles. The lowest BCUT2D eigenvalue weighted by atomic mass is 9.96. The van der Waals surface area contributed by atoms with E-state index < -0.39 is 35.3 Å². The van der Waals surface area contributed by atoms with E-state index in [1.54, 1.807) is 20.8 Å². The second kappa shape index (κ2) is 8.47. The predicted octanol–water partition coefficient (Wildman–Crippen LogP) is 5.22. The summed E-state index contributed by atoms with van der Waals surface area (Å²) in [6.45, 7) is 5.32. The number of carbonyl (C=O) groups is 2. The summed E-state index contributed by atoms with van der Waals surface area (Å²) in [6.07, 6.45) is -0.391. The number of carbonyl (C=O) groups excluding carboxylic acids is 2. The van der Waals surface area contributed by atoms with Crippen LogP contribution in [0.25, 0.3) is 0 Å². The molecule has 0 spiro atoms. The molecule has 0 saturated carbocycles. The molecule has 2 aromatic rings. The third-order valence-corrected chi connectivity index (χ3v) is 4.55. The van der Waals surface area contributed by atoms with E-state index in [2.05, 4.69) is 10.6 Å². The zero-order valence-corrected chi connectivity index (χ0v) is 17.4. The number of nitrogens with one attached hydrogen (secondary N) is 2. The molecule has 0 saturated heterocycles. The Morgan fingerprint density at radius 1 is 1.17 bits per heavy atom. The smallest absolute Gasteiger partial charge is 0.408 e. The van der Waals surface area contributed by atoms with Gasteiger partial charge in [-0.2, -0.15) is 0 Å². The lowest BCUT2D eigenvalue weighted by Gasteiger charge is -2.29. The number of hydrogen-bond acceptors (Lipinski definition) is 4. The van der Waals surface area contributed by atoms with Gasteiger partial charge in [0.05, 0.1) is 28.8 Å². The molecule has 6 nitrogen and oxygen atoms in total. The molecule has 2 amide bonds. The van der Waals surface area contributed by atoms with E-state index in [1.165, 1.54) is 18.2 Å². The third kappa shape index (κ3) is 4.99. The van der Waals surface area contributed by atoms with Crippen LogP contribution in [0.2, 0.25) is 5.02 Å². The van der Waals surface area contributed by atoms with E-state index in [0.29, 0.717) is 6.42 Å². The Bertz CT molecular complexity index is 992. The van der Waals surface area contributed by atoms with Gasteiger partial charge < -0.3 is 20.1 Å². The highest BCUT2D eigenvalue weighted by Gasteiger charge is 2.31. The molecular formula is C21H21ClF2N2O4. The van der Waals surface area contributed by atoms with Crippen molar-refractivity contribution < 1.29 is 27.8 Å². The summed E-state index contributed by atoms with van der Waals surface area (Å²) < 4.78 is 38.8. The van der Waals surface area contributed by atoms with Crippen molar-refractivity contribution in [3.05, 3.63) is 58.1 Å². The molecule has 0 fully saturated rings. The number of anilines is 1. The van der Waals surface area contributed by atoms with E-state index in [4.69, 9.17) is 21.1 Å². The Kier molecular flexibility index (Phi) is 6.17. The average Bonchev–Trinajstić information content (AvgIpc) is 2.63. The Labute approximate surface area is 177 Å². The third-order valence-electron chi connectivity index (χ3n) is 4.26. The van der Waals surface area contributed by atoms with Crippen LogP contribution in [0.4, 0.5) is 19.3 Å². The van der Waals surface area contributed by atoms with Gasteiger partial charge in [0, 0.05) is 12.1 Å². The number of ether oxygens (including phenoxy) is 2. The van der Waals surface area contributed by atoms with Crippen LogP contribution in [0.15, 0.2) is 30.3 Å². The molecule has 1 aliphatic rings. The summed E-state index contributed by atoms with van der Waals surface area (Å²) >= 11 is 5.74. The minimum atomic E-state index is -0.725. The average molecular weight is 439 g/mol. The number of benzene rings is 2. The van der Waals surface area contributed by atoms with Crippen LogP contribution in [-0.2, 0) is 4.74 Å². The molecule has 3 rings (SSSR count). The maximum atomic E-state index is 14.6. The number of hydrogen-bond donors (Lipinski definition) is 2. The maximum absolute atomic E-state index is 14.6. The second-order valence-corrected chi connectivity index (χ2v) is 8.16. The van der Waals surface area contributed by atoms with Crippen LogP contribution in [0, 0.1) is 11.6 Å². The molecule has 1 atom stereocenters. The molecular weight excluding hydrogens is 418 g/mol. The number of fused-ring (bicyclic) bond motifs is 1. The molecule has 2 N–H and O–H groups in total. The largest absolute Gasteiger partial charge is 0.492 e. The minimum Gasteiger partial charge on any atom is -0.492 e. The zero-order chi connectivity index (χ0) is 22.1. The van der Waals surface area contributed by atoms with Crippen molar-refractivity contribution in [2.24, 2.45) is 0 Å². The minimum absolute atomic E-state index is 0.0352. The van der Waals surface area contributed by atoms with Gasteiger partial charge in [0.1, 0.15) is 23.0 Å². The van der Waals surface area contributed by atoms with E-state index in [9.17, 15) is 18.4 Å². The van der Waals surface area contributed by atoms with Gasteiger partial charge in [-0.3, -0.25) is 4.79 Å². The van der Waals surface area contributed by atoms with Crippen molar-refractivity contribution in [3.63, 3.8) is 0 Å². The molecule has 0 unspecified atom stereocenters. The molecule has 0 radical (unpaired) electrons. The molecule has 30 heavy (non-hydrogen) atoms. The first-order chi connectivity index (χ1) is 14.0. The highest BCUT2D eigenvalue weighted by molar-refractivity contribution is 6.31. The molecule has 2 aromatic carbocycles. The van der Waals surface area contributed by atoms with Crippen molar-refractivity contribution in [3.8, 4) is 5.75 Å². The summed E-state index contributed by atoms with van der Waals surface area (Å²) in [7, 11) is 0. The maximum Gasteiger partial charge on any atom is 0.408 e. The lowest BCUT2D eigenvalue weighted by molar-refractivity contribution is 0.0489. The van der Waals surface area contributed by atoms with Crippen molar-refractivity contribution in [1.29, 1.82) is 0 Å². The summed E-state index contributed by atoms with van der Waals surface area (Å²) in [5.74, 6) is -1.79. The fraction of sp³-hybridized carbons (Fsp3) is 0.333. The SMILES string of the molecule is CC(C)(C)OC(=O)N[C@H]1CCOc2c(C(=O)Nc3ccc(F)c(Cl)c3)ccc(F)c21. The van der Waals surface area contributed by atoms with Crippen LogP contribution in [0.3, 0.4) is 0 Å². The Hall–Kier alpha value is -2.87. The Morgan fingerprint density at radius 2 is 1.87 bits per heavy atom. The van der Waals surface area contributed by atoms with Gasteiger partial charge in [-0.15, -0.1) is 0 Å². The highest BCUT2D eigenvalue weighted by Crippen LogP contribution is 2.37. The summed E-state index contributed by atoms with van der Waals surface area (Å²) in [6, 6.07) is 5.42. The van der Waals surface area contributed by atoms with Gasteiger partial charge in [-0.25, -0.2) is 13.6 Å². The van der Waals surface area contributed by atoms with Crippen molar-refractivity contribution in [2.45, 2.75) is 38.8 Å². The monoisotopic (exact) mass is 438 g/mol. The summed E-state index contributed by atoms with van der Waals surface area (Å²) in [4.78, 5) is 24.9. The van der Waals surface area contributed by atoms with Crippen molar-refractivity contribution >= 4 is 29.3 Å². The first kappa shape index (κ1) is 21.8. The quantitative estimate of drug-likeness (QED) is 0.689. The molecule has 0 bridgehead atoms. The van der Waals surface area contributed by atoms with E-state index in [0.717, 1.165) is 12.1 Å². The van der Waals surface area contributed by atoms with Gasteiger partial charge in [0.15, 0.2) is 0 Å². The Balaban J connectivity index is 1.87. The van der Waals surface area contributed by atoms with Crippen LogP contribution < -0.4 is 15.4 Å². The van der Waals surface area contributed by atoms with Gasteiger partial charge in [0.2, 0.25) is 0 Å². The first-order valence-corrected chi connectivity index (χ1v) is 9.64. The first-order valence-electron chi connectivity index (χ1n) is 9.26. The molecule has 1 aliphatic heterocycles. The summed E-state index contributed by atoms with van der Waals surface area (Å²) in [5.41, 5.74) is -0.308. The van der Waals surface area contributed by atoms with Gasteiger partial charge in [-0.1, -0.05) is 11.6 Å². The second-order valence-electron chi connectivity index (χ2n) is 7.76. The topological polar surface area (TPSA) is 76.7 Å². The van der Waals surface area contributed by atoms with Crippen molar-refractivity contribution in [1.82, 2.24) is 5.32 Å². The number of halogens is 3. The Morgan fingerprint density at radius 3 is 2.53 bits per heavy atom. The number of alkyl carbamates (subject to hydrolysis) is 1. The van der Waals surface area contributed by atoms with E-state index in [-0.39, 0.29) is 34.2 Å². The fourth-order valence-electron chi connectivity index (χ4n) is 3.02. The molecule has 0 aliphatic carbocycles. The van der Waals surface area contributed by atoms with Gasteiger partial charge in [-0.05, 0) is 51.1 Å². The predicted molar refractivity (Wildman–Crippen MR) is 108 cm³/mol. The normalized spacial score (nSPS) is 15.6. The fourth-order valence-corrected chi connectivity index (χ4v) is 3.20. The van der Waals surface area contributed by atoms with E-state index in [1.807, 2.05) is 0 Å². The lowest BCUT2D eigenvalue weighted by Crippen LogP contribution is -2.37. The zero-order valence-electron chi connectivity index (χ0n) is 16.6. The van der Waals surface area contributed by atoms with E-state index >= 15 is 0 Å². The van der Waals surface area contributed by atoms with Crippen LogP contribution in [0.1, 0.15) is 49.2 Å². The van der Waals surface area contributed by atoms with Gasteiger partial charge in [0.25, 0.3) is 5.91 Å². The summed E-state index contributed by atoms with van der Waals surface area (Å²) in [5, 5.41) is 5.06. The highest BCUT2D eigenvalue weighted by atomic mass is 35.5. The van der Waals surface area contributed by atoms with Crippen LogP contribution in [0.5, 0.6) is 5.75 Å². The molecule has 9 heteroatoms. The molecule has 160 valence electrons. The van der Waals surface area contributed by atoms with Crippen LogP contribution in [-0.4, -0.2) is 24.2 Å².